The number of benzene rings is 1. The van der Waals surface area contributed by atoms with Crippen LogP contribution in [0.25, 0.3) is 0 Å². The summed E-state index contributed by atoms with van der Waals surface area (Å²) in [5, 5.41) is 12.8. The predicted molar refractivity (Wildman–Crippen MR) is 82.2 cm³/mol. The molecule has 2 N–H and O–H groups in total. The first kappa shape index (κ1) is 15.8. The van der Waals surface area contributed by atoms with E-state index in [9.17, 15) is 14.7 Å². The average Bonchev–Trinajstić information content (AvgIpc) is 2.50. The summed E-state index contributed by atoms with van der Waals surface area (Å²) in [7, 11) is 1.58. The summed E-state index contributed by atoms with van der Waals surface area (Å²) in [4.78, 5) is 27.5. The molecule has 1 fully saturated rings. The zero-order valence-electron chi connectivity index (χ0n) is 11.8. The maximum Gasteiger partial charge on any atom is 0.254 e. The summed E-state index contributed by atoms with van der Waals surface area (Å²) >= 11 is 3.17. The van der Waals surface area contributed by atoms with Crippen LogP contribution in [0.3, 0.4) is 0 Å². The third-order valence-corrected chi connectivity index (χ3v) is 4.05. The summed E-state index contributed by atoms with van der Waals surface area (Å²) in [6.45, 7) is 2.93. The molecule has 114 valence electrons. The Morgan fingerprint density at radius 3 is 2.67 bits per heavy atom. The lowest BCUT2D eigenvalue weighted by Gasteiger charge is -2.29. The van der Waals surface area contributed by atoms with Crippen molar-refractivity contribution in [3.63, 3.8) is 0 Å². The highest BCUT2D eigenvalue weighted by molar-refractivity contribution is 9.10. The van der Waals surface area contributed by atoms with Crippen LogP contribution in [0.5, 0.6) is 5.75 Å². The van der Waals surface area contributed by atoms with Crippen LogP contribution in [0.2, 0.25) is 0 Å². The van der Waals surface area contributed by atoms with Crippen LogP contribution >= 0.6 is 15.9 Å². The van der Waals surface area contributed by atoms with Gasteiger partial charge in [-0.05, 0) is 34.1 Å². The minimum atomic E-state index is -0.290. The highest BCUT2D eigenvalue weighted by Gasteiger charge is 2.21. The molecule has 1 saturated heterocycles. The largest absolute Gasteiger partial charge is 0.507 e. The summed E-state index contributed by atoms with van der Waals surface area (Å²) in [6, 6.07) is 4.60. The van der Waals surface area contributed by atoms with Crippen molar-refractivity contribution in [3.8, 4) is 5.75 Å². The number of piperazine rings is 1. The molecule has 0 radical (unpaired) electrons. The van der Waals surface area contributed by atoms with Gasteiger partial charge in [-0.2, -0.15) is 0 Å². The second-order valence-electron chi connectivity index (χ2n) is 4.96. The standard InChI is InChI=1S/C14H18BrN3O3/c1-17(9-13(20)18-6-4-16-5-7-18)14(21)10-2-3-11(15)12(19)8-10/h2-3,8,16,19H,4-7,9H2,1H3. The number of hydrogen-bond donors (Lipinski definition) is 2. The molecule has 21 heavy (non-hydrogen) atoms. The van der Waals surface area contributed by atoms with Gasteiger partial charge in [0, 0.05) is 38.8 Å². The van der Waals surface area contributed by atoms with Gasteiger partial charge >= 0.3 is 0 Å². The van der Waals surface area contributed by atoms with Gasteiger partial charge in [0.25, 0.3) is 5.91 Å². The number of hydrogen-bond acceptors (Lipinski definition) is 4. The minimum Gasteiger partial charge on any atom is -0.507 e. The number of likely N-dealkylation sites (N-methyl/N-ethyl adjacent to an activating group) is 1. The topological polar surface area (TPSA) is 72.9 Å². The van der Waals surface area contributed by atoms with Gasteiger partial charge < -0.3 is 20.2 Å². The van der Waals surface area contributed by atoms with Crippen LogP contribution in [0.1, 0.15) is 10.4 Å². The van der Waals surface area contributed by atoms with Gasteiger partial charge in [-0.1, -0.05) is 0 Å². The van der Waals surface area contributed by atoms with Crippen LogP contribution in [-0.4, -0.2) is 66.5 Å². The molecule has 0 aromatic heterocycles. The first-order valence-corrected chi connectivity index (χ1v) is 7.51. The van der Waals surface area contributed by atoms with E-state index in [1.165, 1.54) is 11.0 Å². The van der Waals surface area contributed by atoms with Gasteiger partial charge in [-0.25, -0.2) is 0 Å². The smallest absolute Gasteiger partial charge is 0.254 e. The Morgan fingerprint density at radius 2 is 2.05 bits per heavy atom. The van der Waals surface area contributed by atoms with E-state index in [1.54, 1.807) is 24.1 Å². The molecule has 1 aliphatic rings. The first-order chi connectivity index (χ1) is 9.99. The molecule has 1 aromatic rings. The molecule has 1 heterocycles. The van der Waals surface area contributed by atoms with Crippen LogP contribution in [-0.2, 0) is 4.79 Å². The van der Waals surface area contributed by atoms with Crippen LogP contribution in [0.15, 0.2) is 22.7 Å². The molecule has 1 aromatic carbocycles. The van der Waals surface area contributed by atoms with Crippen molar-refractivity contribution in [2.45, 2.75) is 0 Å². The predicted octanol–water partition coefficient (Wildman–Crippen LogP) is 0.659. The third-order valence-electron chi connectivity index (χ3n) is 3.38. The number of phenolic OH excluding ortho intramolecular Hbond substituents is 1. The van der Waals surface area contributed by atoms with Crippen LogP contribution < -0.4 is 5.32 Å². The summed E-state index contributed by atoms with van der Waals surface area (Å²) in [5.74, 6) is -0.349. The fourth-order valence-corrected chi connectivity index (χ4v) is 2.40. The second-order valence-corrected chi connectivity index (χ2v) is 5.81. The molecule has 0 atom stereocenters. The molecule has 2 amide bonds. The molecule has 0 saturated carbocycles. The molecular formula is C14H18BrN3O3. The number of carbonyl (C=O) groups excluding carboxylic acids is 2. The van der Waals surface area contributed by atoms with Crippen molar-refractivity contribution in [1.29, 1.82) is 0 Å². The van der Waals surface area contributed by atoms with E-state index < -0.39 is 0 Å². The van der Waals surface area contributed by atoms with Gasteiger partial charge in [0.2, 0.25) is 5.91 Å². The SMILES string of the molecule is CN(CC(=O)N1CCNCC1)C(=O)c1ccc(Br)c(O)c1. The van der Waals surface area contributed by atoms with E-state index in [0.29, 0.717) is 23.1 Å². The van der Waals surface area contributed by atoms with Crippen molar-refractivity contribution in [2.24, 2.45) is 0 Å². The lowest BCUT2D eigenvalue weighted by atomic mass is 10.2. The van der Waals surface area contributed by atoms with Crippen molar-refractivity contribution in [1.82, 2.24) is 15.1 Å². The van der Waals surface area contributed by atoms with E-state index in [2.05, 4.69) is 21.2 Å². The number of halogens is 1. The monoisotopic (exact) mass is 355 g/mol. The first-order valence-electron chi connectivity index (χ1n) is 6.71. The highest BCUT2D eigenvalue weighted by Crippen LogP contribution is 2.24. The highest BCUT2D eigenvalue weighted by atomic mass is 79.9. The molecule has 1 aliphatic heterocycles. The van der Waals surface area contributed by atoms with Gasteiger partial charge in [-0.15, -0.1) is 0 Å². The molecule has 6 nitrogen and oxygen atoms in total. The number of nitrogens with one attached hydrogen (secondary N) is 1. The Labute approximate surface area is 131 Å². The number of aromatic hydroxyl groups is 1. The summed E-state index contributed by atoms with van der Waals surface area (Å²) in [5.41, 5.74) is 0.353. The van der Waals surface area contributed by atoms with E-state index in [1.807, 2.05) is 0 Å². The van der Waals surface area contributed by atoms with Gasteiger partial charge in [0.1, 0.15) is 5.75 Å². The molecule has 7 heteroatoms. The summed E-state index contributed by atoms with van der Waals surface area (Å²) < 4.78 is 0.526. The number of carbonyl (C=O) groups is 2. The molecule has 2 rings (SSSR count). The summed E-state index contributed by atoms with van der Waals surface area (Å²) in [6.07, 6.45) is 0. The molecule has 0 unspecified atom stereocenters. The van der Waals surface area contributed by atoms with E-state index in [-0.39, 0.29) is 24.1 Å². The maximum atomic E-state index is 12.2. The quantitative estimate of drug-likeness (QED) is 0.835. The number of rotatable bonds is 3. The Morgan fingerprint density at radius 1 is 1.38 bits per heavy atom. The number of amides is 2. The lowest BCUT2D eigenvalue weighted by Crippen LogP contribution is -2.49. The van der Waals surface area contributed by atoms with Gasteiger partial charge in [0.15, 0.2) is 0 Å². The Hall–Kier alpha value is -1.60. The lowest BCUT2D eigenvalue weighted by molar-refractivity contribution is -0.132. The van der Waals surface area contributed by atoms with Crippen LogP contribution in [0, 0.1) is 0 Å². The molecule has 0 bridgehead atoms. The maximum absolute atomic E-state index is 12.2. The fraction of sp³-hybridized carbons (Fsp3) is 0.429. The average molecular weight is 356 g/mol. The second kappa shape index (κ2) is 6.91. The number of phenols is 1. The van der Waals surface area contributed by atoms with Crippen molar-refractivity contribution in [3.05, 3.63) is 28.2 Å². The van der Waals surface area contributed by atoms with Gasteiger partial charge in [-0.3, -0.25) is 9.59 Å². The molecule has 0 spiro atoms. The zero-order chi connectivity index (χ0) is 15.4. The molecule has 0 aliphatic carbocycles. The Bertz CT molecular complexity index is 544. The third kappa shape index (κ3) is 3.95. The van der Waals surface area contributed by atoms with E-state index in [0.717, 1.165) is 13.1 Å². The van der Waals surface area contributed by atoms with E-state index in [4.69, 9.17) is 0 Å². The minimum absolute atomic E-state index is 0.00248. The van der Waals surface area contributed by atoms with Crippen LogP contribution in [0.4, 0.5) is 0 Å². The molecular weight excluding hydrogens is 338 g/mol. The Kier molecular flexibility index (Phi) is 5.19. The van der Waals surface area contributed by atoms with Gasteiger partial charge in [0.05, 0.1) is 11.0 Å². The van der Waals surface area contributed by atoms with Crippen molar-refractivity contribution < 1.29 is 14.7 Å². The van der Waals surface area contributed by atoms with E-state index >= 15 is 0 Å². The Balaban J connectivity index is 1.98. The van der Waals surface area contributed by atoms with Crippen molar-refractivity contribution in [2.75, 3.05) is 39.8 Å². The number of nitrogens with zero attached hydrogens (tertiary/aromatic N) is 2. The zero-order valence-corrected chi connectivity index (χ0v) is 13.4. The fourth-order valence-electron chi connectivity index (χ4n) is 2.16. The normalized spacial score (nSPS) is 14.9. The van der Waals surface area contributed by atoms with Crippen molar-refractivity contribution >= 4 is 27.7 Å².